The second-order valence-electron chi connectivity index (χ2n) is 4.31. The first-order valence-electron chi connectivity index (χ1n) is 6.07. The fourth-order valence-corrected chi connectivity index (χ4v) is 2.03. The average molecular weight is 257 g/mol. The van der Waals surface area contributed by atoms with Gasteiger partial charge in [-0.25, -0.2) is 4.98 Å². The molecule has 0 saturated heterocycles. The Hall–Kier alpha value is -2.34. The number of imidazole rings is 1. The van der Waals surface area contributed by atoms with E-state index in [-0.39, 0.29) is 6.04 Å². The number of H-pyrrole nitrogens is 1. The molecule has 1 atom stereocenters. The van der Waals surface area contributed by atoms with Gasteiger partial charge < -0.3 is 8.98 Å². The Morgan fingerprint density at radius 2 is 2.37 bits per heavy atom. The highest BCUT2D eigenvalue weighted by molar-refractivity contribution is 5.16. The van der Waals surface area contributed by atoms with Crippen LogP contribution in [0.3, 0.4) is 0 Å². The molecule has 3 aromatic heterocycles. The summed E-state index contributed by atoms with van der Waals surface area (Å²) in [6.45, 7) is 0.665. The molecule has 0 amide bonds. The van der Waals surface area contributed by atoms with Crippen molar-refractivity contribution in [2.24, 2.45) is 7.05 Å². The maximum Gasteiger partial charge on any atom is 0.133 e. The normalized spacial score (nSPS) is 12.7. The summed E-state index contributed by atoms with van der Waals surface area (Å²) in [4.78, 5) is 4.39. The van der Waals surface area contributed by atoms with Crippen molar-refractivity contribution in [1.82, 2.24) is 25.1 Å². The van der Waals surface area contributed by atoms with Crippen LogP contribution in [0.25, 0.3) is 0 Å². The molecule has 3 aromatic rings. The third kappa shape index (κ3) is 2.43. The van der Waals surface area contributed by atoms with E-state index in [0.29, 0.717) is 6.54 Å². The zero-order valence-corrected chi connectivity index (χ0v) is 10.6. The highest BCUT2D eigenvalue weighted by atomic mass is 16.3. The molecule has 1 unspecified atom stereocenters. The lowest BCUT2D eigenvalue weighted by molar-refractivity contribution is 0.428. The van der Waals surface area contributed by atoms with E-state index in [1.54, 1.807) is 18.7 Å². The Balaban J connectivity index is 1.83. The van der Waals surface area contributed by atoms with Crippen molar-refractivity contribution in [3.05, 3.63) is 60.3 Å². The van der Waals surface area contributed by atoms with Crippen LogP contribution in [-0.2, 0) is 13.6 Å². The summed E-state index contributed by atoms with van der Waals surface area (Å²) in [5.74, 6) is 1.75. The lowest BCUT2D eigenvalue weighted by Crippen LogP contribution is -2.24. The molecule has 0 aliphatic rings. The Bertz CT molecular complexity index is 611. The van der Waals surface area contributed by atoms with Crippen LogP contribution in [0.2, 0.25) is 0 Å². The number of aromatic amines is 1. The van der Waals surface area contributed by atoms with Crippen LogP contribution >= 0.6 is 0 Å². The van der Waals surface area contributed by atoms with Crippen LogP contribution in [-0.4, -0.2) is 19.7 Å². The zero-order valence-electron chi connectivity index (χ0n) is 10.6. The number of aromatic nitrogens is 4. The van der Waals surface area contributed by atoms with Gasteiger partial charge in [-0.05, 0) is 18.2 Å². The number of aryl methyl sites for hydroxylation is 1. The summed E-state index contributed by atoms with van der Waals surface area (Å²) >= 11 is 0. The molecule has 0 radical (unpaired) electrons. The molecule has 6 heteroatoms. The predicted molar refractivity (Wildman–Crippen MR) is 69.2 cm³/mol. The molecule has 0 aliphatic carbocycles. The molecule has 2 N–H and O–H groups in total. The molecule has 0 spiro atoms. The second kappa shape index (κ2) is 5.11. The predicted octanol–water partition coefficient (Wildman–Crippen LogP) is 1.62. The molecular weight excluding hydrogens is 242 g/mol. The van der Waals surface area contributed by atoms with Crippen molar-refractivity contribution in [3.8, 4) is 0 Å². The number of hydrogen-bond acceptors (Lipinski definition) is 4. The highest BCUT2D eigenvalue weighted by Crippen LogP contribution is 2.21. The standard InChI is InChI=1S/C13H15N5O/c1-18-7-6-14-13(18)12(11-3-2-8-19-11)15-9-10-4-5-16-17-10/h2-8,12,15H,9H2,1H3,(H,16,17). The van der Waals surface area contributed by atoms with Gasteiger partial charge in [0.1, 0.15) is 17.6 Å². The fraction of sp³-hybridized carbons (Fsp3) is 0.231. The van der Waals surface area contributed by atoms with Gasteiger partial charge >= 0.3 is 0 Å². The molecule has 6 nitrogen and oxygen atoms in total. The van der Waals surface area contributed by atoms with Crippen LogP contribution in [0.4, 0.5) is 0 Å². The van der Waals surface area contributed by atoms with Crippen molar-refractivity contribution >= 4 is 0 Å². The van der Waals surface area contributed by atoms with Crippen LogP contribution in [0.1, 0.15) is 23.3 Å². The van der Waals surface area contributed by atoms with E-state index < -0.39 is 0 Å². The van der Waals surface area contributed by atoms with E-state index in [4.69, 9.17) is 4.42 Å². The summed E-state index contributed by atoms with van der Waals surface area (Å²) in [6, 6.07) is 5.67. The smallest absolute Gasteiger partial charge is 0.133 e. The largest absolute Gasteiger partial charge is 0.467 e. The van der Waals surface area contributed by atoms with Crippen molar-refractivity contribution in [2.75, 3.05) is 0 Å². The lowest BCUT2D eigenvalue weighted by atomic mass is 10.2. The second-order valence-corrected chi connectivity index (χ2v) is 4.31. The molecule has 0 bridgehead atoms. The van der Waals surface area contributed by atoms with Gasteiger partial charge in [-0.1, -0.05) is 0 Å². The zero-order chi connectivity index (χ0) is 13.1. The Labute approximate surface area is 110 Å². The summed E-state index contributed by atoms with van der Waals surface area (Å²) in [6.07, 6.45) is 7.11. The molecule has 0 fully saturated rings. The van der Waals surface area contributed by atoms with Crippen molar-refractivity contribution < 1.29 is 4.42 Å². The molecule has 0 aliphatic heterocycles. The first-order chi connectivity index (χ1) is 9.34. The van der Waals surface area contributed by atoms with Crippen LogP contribution < -0.4 is 5.32 Å². The lowest BCUT2D eigenvalue weighted by Gasteiger charge is -2.15. The first-order valence-corrected chi connectivity index (χ1v) is 6.07. The Kier molecular flexibility index (Phi) is 3.16. The van der Waals surface area contributed by atoms with Gasteiger partial charge in [0.25, 0.3) is 0 Å². The maximum atomic E-state index is 5.50. The summed E-state index contributed by atoms with van der Waals surface area (Å²) in [5, 5.41) is 10.3. The van der Waals surface area contributed by atoms with Crippen molar-refractivity contribution in [1.29, 1.82) is 0 Å². The van der Waals surface area contributed by atoms with Crippen LogP contribution in [0.5, 0.6) is 0 Å². The van der Waals surface area contributed by atoms with Crippen molar-refractivity contribution in [2.45, 2.75) is 12.6 Å². The molecule has 3 rings (SSSR count). The monoisotopic (exact) mass is 257 g/mol. The minimum atomic E-state index is -0.0849. The summed E-state index contributed by atoms with van der Waals surface area (Å²) < 4.78 is 7.48. The Morgan fingerprint density at radius 1 is 1.42 bits per heavy atom. The maximum absolute atomic E-state index is 5.50. The minimum Gasteiger partial charge on any atom is -0.467 e. The molecular formula is C13H15N5O. The van der Waals surface area contributed by atoms with Gasteiger partial charge in [-0.3, -0.25) is 10.4 Å². The molecule has 0 aromatic carbocycles. The van der Waals surface area contributed by atoms with Gasteiger partial charge in [0.2, 0.25) is 0 Å². The summed E-state index contributed by atoms with van der Waals surface area (Å²) in [7, 11) is 1.97. The topological polar surface area (TPSA) is 71.7 Å². The average Bonchev–Trinajstić information content (AvgIpc) is 3.13. The number of nitrogens with one attached hydrogen (secondary N) is 2. The van der Waals surface area contributed by atoms with E-state index in [2.05, 4.69) is 20.5 Å². The number of furan rings is 1. The quantitative estimate of drug-likeness (QED) is 0.728. The Morgan fingerprint density at radius 3 is 3.00 bits per heavy atom. The molecule has 19 heavy (non-hydrogen) atoms. The fourth-order valence-electron chi connectivity index (χ4n) is 2.03. The van der Waals surface area contributed by atoms with Gasteiger partial charge in [0.05, 0.1) is 6.26 Å². The van der Waals surface area contributed by atoms with Gasteiger partial charge in [0, 0.05) is 37.9 Å². The minimum absolute atomic E-state index is 0.0849. The van der Waals surface area contributed by atoms with E-state index in [0.717, 1.165) is 17.3 Å². The summed E-state index contributed by atoms with van der Waals surface area (Å²) in [5.41, 5.74) is 1.02. The number of nitrogens with zero attached hydrogens (tertiary/aromatic N) is 3. The van der Waals surface area contributed by atoms with E-state index >= 15 is 0 Å². The van der Waals surface area contributed by atoms with Crippen LogP contribution in [0, 0.1) is 0 Å². The van der Waals surface area contributed by atoms with Gasteiger partial charge in [0.15, 0.2) is 0 Å². The van der Waals surface area contributed by atoms with E-state index in [1.807, 2.05) is 36.0 Å². The molecule has 0 saturated carbocycles. The number of rotatable bonds is 5. The SMILES string of the molecule is Cn1ccnc1C(NCc1ccn[nH]1)c1ccco1. The first kappa shape index (κ1) is 11.7. The van der Waals surface area contributed by atoms with E-state index in [1.165, 1.54) is 0 Å². The van der Waals surface area contributed by atoms with Gasteiger partial charge in [-0.2, -0.15) is 5.10 Å². The van der Waals surface area contributed by atoms with Gasteiger partial charge in [-0.15, -0.1) is 0 Å². The third-order valence-electron chi connectivity index (χ3n) is 3.00. The number of hydrogen-bond donors (Lipinski definition) is 2. The van der Waals surface area contributed by atoms with Crippen LogP contribution in [0.15, 0.2) is 47.5 Å². The highest BCUT2D eigenvalue weighted by Gasteiger charge is 2.20. The van der Waals surface area contributed by atoms with Crippen molar-refractivity contribution in [3.63, 3.8) is 0 Å². The van der Waals surface area contributed by atoms with E-state index in [9.17, 15) is 0 Å². The molecule has 3 heterocycles. The third-order valence-corrected chi connectivity index (χ3v) is 3.00. The molecule has 98 valence electrons.